The maximum atomic E-state index is 8.61. The Hall–Kier alpha value is -1.75. The number of benzene rings is 1. The Labute approximate surface area is 99.4 Å². The second-order valence-corrected chi connectivity index (χ2v) is 3.68. The third kappa shape index (κ3) is 3.13. The van der Waals surface area contributed by atoms with E-state index in [0.717, 1.165) is 5.56 Å². The molecule has 0 bridgehead atoms. The zero-order valence-electron chi connectivity index (χ0n) is 8.65. The molecular weight excluding hydrogens is 224 g/mol. The van der Waals surface area contributed by atoms with Crippen molar-refractivity contribution in [2.24, 2.45) is 0 Å². The Balaban J connectivity index is 2.86. The first-order valence-electron chi connectivity index (χ1n) is 4.68. The van der Waals surface area contributed by atoms with E-state index in [4.69, 9.17) is 27.9 Å². The molecule has 1 aromatic carbocycles. The third-order valence-corrected chi connectivity index (χ3v) is 2.48. The Kier molecular flexibility index (Phi) is 4.60. The van der Waals surface area contributed by atoms with Crippen molar-refractivity contribution in [3.63, 3.8) is 0 Å². The van der Waals surface area contributed by atoms with Gasteiger partial charge < -0.3 is 5.73 Å². The molecular formula is C11H11ClN4. The minimum Gasteiger partial charge on any atom is -0.398 e. The average Bonchev–Trinajstić information content (AvgIpc) is 2.24. The summed E-state index contributed by atoms with van der Waals surface area (Å²) in [6, 6.07) is 9.26. The molecule has 1 aromatic rings. The molecule has 82 valence electrons. The highest BCUT2D eigenvalue weighted by Crippen LogP contribution is 2.23. The molecule has 4 nitrogen and oxygen atoms in total. The first-order chi connectivity index (χ1) is 7.69. The van der Waals surface area contributed by atoms with Gasteiger partial charge in [-0.15, -0.1) is 0 Å². The normalized spacial score (nSPS) is 9.75. The van der Waals surface area contributed by atoms with Crippen LogP contribution in [0.2, 0.25) is 5.02 Å². The molecule has 1 rings (SSSR count). The third-order valence-electron chi connectivity index (χ3n) is 2.13. The number of nitrogen functional groups attached to an aromatic ring is 1. The summed E-state index contributed by atoms with van der Waals surface area (Å²) in [4.78, 5) is 1.68. The zero-order chi connectivity index (χ0) is 12.0. The van der Waals surface area contributed by atoms with Crippen LogP contribution in [-0.2, 0) is 6.54 Å². The van der Waals surface area contributed by atoms with Gasteiger partial charge in [-0.05, 0) is 12.1 Å². The van der Waals surface area contributed by atoms with Crippen molar-refractivity contribution in [3.8, 4) is 12.1 Å². The molecule has 0 radical (unpaired) electrons. The molecule has 5 heteroatoms. The van der Waals surface area contributed by atoms with E-state index in [9.17, 15) is 0 Å². The van der Waals surface area contributed by atoms with Gasteiger partial charge in [0.2, 0.25) is 0 Å². The predicted octanol–water partition coefficient (Wildman–Crippen LogP) is 1.77. The molecule has 0 saturated carbocycles. The molecule has 0 aliphatic rings. The van der Waals surface area contributed by atoms with Crippen molar-refractivity contribution in [1.82, 2.24) is 4.90 Å². The highest BCUT2D eigenvalue weighted by Gasteiger charge is 2.10. The Morgan fingerprint density at radius 3 is 2.38 bits per heavy atom. The summed E-state index contributed by atoms with van der Waals surface area (Å²) in [6.07, 6.45) is 0. The van der Waals surface area contributed by atoms with Crippen LogP contribution in [0.4, 0.5) is 5.69 Å². The van der Waals surface area contributed by atoms with E-state index in [1.165, 1.54) is 0 Å². The summed E-state index contributed by atoms with van der Waals surface area (Å²) in [5, 5.41) is 17.8. The maximum Gasteiger partial charge on any atom is 0.0877 e. The standard InChI is InChI=1S/C11H11ClN4/c12-10-2-1-3-11(15)9(10)8-16(6-4-13)7-5-14/h1-3H,6-8,15H2. The second kappa shape index (κ2) is 5.97. The Morgan fingerprint density at radius 1 is 1.25 bits per heavy atom. The van der Waals surface area contributed by atoms with Gasteiger partial charge in [0.05, 0.1) is 25.2 Å². The summed E-state index contributed by atoms with van der Waals surface area (Å²) in [5.74, 6) is 0. The molecule has 0 unspecified atom stereocenters. The minimum atomic E-state index is 0.179. The highest BCUT2D eigenvalue weighted by molar-refractivity contribution is 6.31. The zero-order valence-corrected chi connectivity index (χ0v) is 9.41. The fraction of sp³-hybridized carbons (Fsp3) is 0.273. The first kappa shape index (κ1) is 12.3. The Morgan fingerprint density at radius 2 is 1.88 bits per heavy atom. The highest BCUT2D eigenvalue weighted by atomic mass is 35.5. The number of halogens is 1. The van der Waals surface area contributed by atoms with Gasteiger partial charge in [0.1, 0.15) is 0 Å². The molecule has 2 N–H and O–H groups in total. The number of rotatable bonds is 4. The van der Waals surface area contributed by atoms with E-state index in [1.54, 1.807) is 23.1 Å². The van der Waals surface area contributed by atoms with Crippen LogP contribution in [0, 0.1) is 22.7 Å². The van der Waals surface area contributed by atoms with Gasteiger partial charge in [-0.3, -0.25) is 4.90 Å². The van der Waals surface area contributed by atoms with E-state index < -0.39 is 0 Å². The molecule has 0 aliphatic carbocycles. The van der Waals surface area contributed by atoms with Crippen LogP contribution in [-0.4, -0.2) is 18.0 Å². The second-order valence-electron chi connectivity index (χ2n) is 3.27. The smallest absolute Gasteiger partial charge is 0.0877 e. The molecule has 0 amide bonds. The summed E-state index contributed by atoms with van der Waals surface area (Å²) < 4.78 is 0. The summed E-state index contributed by atoms with van der Waals surface area (Å²) in [5.41, 5.74) is 7.12. The van der Waals surface area contributed by atoms with Gasteiger partial charge >= 0.3 is 0 Å². The van der Waals surface area contributed by atoms with E-state index in [-0.39, 0.29) is 13.1 Å². The molecule has 0 fully saturated rings. The van der Waals surface area contributed by atoms with E-state index >= 15 is 0 Å². The minimum absolute atomic E-state index is 0.179. The van der Waals surface area contributed by atoms with E-state index in [1.807, 2.05) is 12.1 Å². The number of nitriles is 2. The number of hydrogen-bond acceptors (Lipinski definition) is 4. The molecule has 0 aliphatic heterocycles. The van der Waals surface area contributed by atoms with Crippen LogP contribution < -0.4 is 5.73 Å². The number of nitrogens with two attached hydrogens (primary N) is 1. The molecule has 0 spiro atoms. The molecule has 0 heterocycles. The van der Waals surface area contributed by atoms with Crippen molar-refractivity contribution in [3.05, 3.63) is 28.8 Å². The molecule has 0 atom stereocenters. The number of anilines is 1. The SMILES string of the molecule is N#CCN(CC#N)Cc1c(N)cccc1Cl. The quantitative estimate of drug-likeness (QED) is 0.636. The maximum absolute atomic E-state index is 8.61. The Bertz CT molecular complexity index is 408. The van der Waals surface area contributed by atoms with Crippen molar-refractivity contribution in [1.29, 1.82) is 10.5 Å². The average molecular weight is 235 g/mol. The lowest BCUT2D eigenvalue weighted by Gasteiger charge is -2.17. The van der Waals surface area contributed by atoms with E-state index in [2.05, 4.69) is 0 Å². The summed E-state index contributed by atoms with van der Waals surface area (Å²) in [7, 11) is 0. The fourth-order valence-electron chi connectivity index (χ4n) is 1.33. The first-order valence-corrected chi connectivity index (χ1v) is 5.06. The van der Waals surface area contributed by atoms with Crippen LogP contribution in [0.5, 0.6) is 0 Å². The van der Waals surface area contributed by atoms with E-state index in [0.29, 0.717) is 17.3 Å². The molecule has 0 aromatic heterocycles. The summed E-state index contributed by atoms with van der Waals surface area (Å²) >= 11 is 6.00. The van der Waals surface area contributed by atoms with Crippen molar-refractivity contribution < 1.29 is 0 Å². The van der Waals surface area contributed by atoms with Crippen molar-refractivity contribution in [2.45, 2.75) is 6.54 Å². The lowest BCUT2D eigenvalue weighted by Crippen LogP contribution is -2.24. The topological polar surface area (TPSA) is 76.8 Å². The van der Waals surface area contributed by atoms with Crippen LogP contribution in [0.3, 0.4) is 0 Å². The largest absolute Gasteiger partial charge is 0.398 e. The van der Waals surface area contributed by atoms with Crippen molar-refractivity contribution >= 4 is 17.3 Å². The van der Waals surface area contributed by atoms with Crippen LogP contribution in [0.1, 0.15) is 5.56 Å². The van der Waals surface area contributed by atoms with Gasteiger partial charge in [0.15, 0.2) is 0 Å². The van der Waals surface area contributed by atoms with Gasteiger partial charge in [-0.2, -0.15) is 10.5 Å². The predicted molar refractivity (Wildman–Crippen MR) is 62.4 cm³/mol. The van der Waals surface area contributed by atoms with Gasteiger partial charge in [0, 0.05) is 22.8 Å². The van der Waals surface area contributed by atoms with Gasteiger partial charge in [-0.1, -0.05) is 17.7 Å². The molecule has 0 saturated heterocycles. The molecule has 16 heavy (non-hydrogen) atoms. The summed E-state index contributed by atoms with van der Waals surface area (Å²) in [6.45, 7) is 0.767. The van der Waals surface area contributed by atoms with Crippen LogP contribution in [0.25, 0.3) is 0 Å². The van der Waals surface area contributed by atoms with Crippen molar-refractivity contribution in [2.75, 3.05) is 18.8 Å². The number of hydrogen-bond donors (Lipinski definition) is 1. The lowest BCUT2D eigenvalue weighted by molar-refractivity contribution is 0.335. The lowest BCUT2D eigenvalue weighted by atomic mass is 10.1. The fourth-order valence-corrected chi connectivity index (χ4v) is 1.58. The monoisotopic (exact) mass is 234 g/mol. The van der Waals surface area contributed by atoms with Gasteiger partial charge in [0.25, 0.3) is 0 Å². The van der Waals surface area contributed by atoms with Crippen LogP contribution >= 0.6 is 11.6 Å². The van der Waals surface area contributed by atoms with Crippen LogP contribution in [0.15, 0.2) is 18.2 Å². The van der Waals surface area contributed by atoms with Gasteiger partial charge in [-0.25, -0.2) is 0 Å². The number of nitrogens with zero attached hydrogens (tertiary/aromatic N) is 3.